The zero-order valence-electron chi connectivity index (χ0n) is 7.88. The molecular weight excluding hydrogens is 246 g/mol. The molecule has 1 aliphatic heterocycles. The van der Waals surface area contributed by atoms with E-state index in [0.717, 1.165) is 11.8 Å². The minimum absolute atomic E-state index is 0.608. The first-order valence-electron chi connectivity index (χ1n) is 4.67. The van der Waals surface area contributed by atoms with Gasteiger partial charge in [0.2, 0.25) is 0 Å². The molecule has 2 atom stereocenters. The highest BCUT2D eigenvalue weighted by molar-refractivity contribution is 9.11. The standard InChI is InChI=1S/C10H14BrNS/c1-6(2)7-5-12-10(7)8-3-4-9(11)13-8/h3-4,6-7,10,12H,5H2,1-2H3. The Balaban J connectivity index is 2.10. The summed E-state index contributed by atoms with van der Waals surface area (Å²) in [6.45, 7) is 5.79. The van der Waals surface area contributed by atoms with Crippen molar-refractivity contribution in [2.45, 2.75) is 19.9 Å². The van der Waals surface area contributed by atoms with Gasteiger partial charge in [0, 0.05) is 17.5 Å². The Hall–Kier alpha value is 0.140. The zero-order valence-corrected chi connectivity index (χ0v) is 10.3. The summed E-state index contributed by atoms with van der Waals surface area (Å²) < 4.78 is 1.23. The van der Waals surface area contributed by atoms with Crippen LogP contribution in [0.15, 0.2) is 15.9 Å². The second-order valence-corrected chi connectivity index (χ2v) is 6.43. The summed E-state index contributed by atoms with van der Waals surface area (Å²) >= 11 is 5.35. The molecule has 0 saturated carbocycles. The minimum atomic E-state index is 0.608. The molecule has 1 fully saturated rings. The number of hydrogen-bond acceptors (Lipinski definition) is 2. The van der Waals surface area contributed by atoms with Crippen LogP contribution < -0.4 is 5.32 Å². The summed E-state index contributed by atoms with van der Waals surface area (Å²) in [6.07, 6.45) is 0. The van der Waals surface area contributed by atoms with Crippen LogP contribution in [0, 0.1) is 11.8 Å². The molecule has 1 aromatic rings. The highest BCUT2D eigenvalue weighted by Gasteiger charge is 2.34. The van der Waals surface area contributed by atoms with Gasteiger partial charge < -0.3 is 5.32 Å². The molecule has 0 spiro atoms. The molecule has 3 heteroatoms. The van der Waals surface area contributed by atoms with Crippen molar-refractivity contribution in [1.82, 2.24) is 5.32 Å². The fraction of sp³-hybridized carbons (Fsp3) is 0.600. The fourth-order valence-corrected chi connectivity index (χ4v) is 3.37. The summed E-state index contributed by atoms with van der Waals surface area (Å²) in [6, 6.07) is 4.97. The van der Waals surface area contributed by atoms with E-state index < -0.39 is 0 Å². The van der Waals surface area contributed by atoms with Crippen molar-refractivity contribution in [3.8, 4) is 0 Å². The van der Waals surface area contributed by atoms with Crippen molar-refractivity contribution >= 4 is 27.3 Å². The van der Waals surface area contributed by atoms with Crippen molar-refractivity contribution in [2.24, 2.45) is 11.8 Å². The first-order chi connectivity index (χ1) is 6.18. The van der Waals surface area contributed by atoms with E-state index in [0.29, 0.717) is 6.04 Å². The normalized spacial score (nSPS) is 27.7. The molecule has 1 N–H and O–H groups in total. The van der Waals surface area contributed by atoms with E-state index in [-0.39, 0.29) is 0 Å². The SMILES string of the molecule is CC(C)C1CNC1c1ccc(Br)s1. The van der Waals surface area contributed by atoms with Crippen LogP contribution in [0.5, 0.6) is 0 Å². The van der Waals surface area contributed by atoms with Gasteiger partial charge in [-0.25, -0.2) is 0 Å². The van der Waals surface area contributed by atoms with Gasteiger partial charge >= 0.3 is 0 Å². The van der Waals surface area contributed by atoms with Crippen molar-refractivity contribution < 1.29 is 0 Å². The number of nitrogens with one attached hydrogen (secondary N) is 1. The second-order valence-electron chi connectivity index (χ2n) is 3.94. The summed E-state index contributed by atoms with van der Waals surface area (Å²) in [7, 11) is 0. The lowest BCUT2D eigenvalue weighted by molar-refractivity contribution is 0.177. The predicted octanol–water partition coefficient (Wildman–Crippen LogP) is 3.43. The van der Waals surface area contributed by atoms with Gasteiger partial charge in [0.05, 0.1) is 3.79 Å². The Bertz CT molecular complexity index is 295. The van der Waals surface area contributed by atoms with E-state index in [1.807, 2.05) is 11.3 Å². The largest absolute Gasteiger partial charge is 0.309 e. The predicted molar refractivity (Wildman–Crippen MR) is 61.1 cm³/mol. The molecule has 1 aromatic heterocycles. The Morgan fingerprint density at radius 2 is 2.31 bits per heavy atom. The summed E-state index contributed by atoms with van der Waals surface area (Å²) in [4.78, 5) is 1.47. The molecule has 1 saturated heterocycles. The molecule has 2 rings (SSSR count). The molecule has 13 heavy (non-hydrogen) atoms. The van der Waals surface area contributed by atoms with Crippen LogP contribution in [-0.2, 0) is 0 Å². The Morgan fingerprint density at radius 1 is 1.54 bits per heavy atom. The minimum Gasteiger partial charge on any atom is -0.309 e. The maximum atomic E-state index is 3.50. The van der Waals surface area contributed by atoms with Gasteiger partial charge in [-0.2, -0.15) is 0 Å². The van der Waals surface area contributed by atoms with Gasteiger partial charge in [0.15, 0.2) is 0 Å². The second kappa shape index (κ2) is 3.71. The van der Waals surface area contributed by atoms with Gasteiger partial charge in [-0.05, 0) is 39.9 Å². The van der Waals surface area contributed by atoms with Crippen LogP contribution in [-0.4, -0.2) is 6.54 Å². The van der Waals surface area contributed by atoms with Gasteiger partial charge in [0.1, 0.15) is 0 Å². The molecule has 2 heterocycles. The Labute approximate surface area is 91.7 Å². The average molecular weight is 260 g/mol. The van der Waals surface area contributed by atoms with E-state index in [1.165, 1.54) is 15.2 Å². The Morgan fingerprint density at radius 3 is 2.69 bits per heavy atom. The number of thiophene rings is 1. The highest BCUT2D eigenvalue weighted by atomic mass is 79.9. The lowest BCUT2D eigenvalue weighted by atomic mass is 9.81. The highest BCUT2D eigenvalue weighted by Crippen LogP contribution is 2.38. The van der Waals surface area contributed by atoms with Crippen molar-refractivity contribution in [2.75, 3.05) is 6.54 Å². The number of hydrogen-bond donors (Lipinski definition) is 1. The van der Waals surface area contributed by atoms with Crippen LogP contribution in [0.1, 0.15) is 24.8 Å². The molecule has 2 unspecified atom stereocenters. The number of halogens is 1. The Kier molecular flexibility index (Phi) is 2.77. The monoisotopic (exact) mass is 259 g/mol. The first-order valence-corrected chi connectivity index (χ1v) is 6.28. The summed E-state index contributed by atoms with van der Waals surface area (Å²) in [5.74, 6) is 1.61. The van der Waals surface area contributed by atoms with Crippen molar-refractivity contribution in [3.05, 3.63) is 20.8 Å². The van der Waals surface area contributed by atoms with Crippen LogP contribution >= 0.6 is 27.3 Å². The third-order valence-corrected chi connectivity index (χ3v) is 4.47. The van der Waals surface area contributed by atoms with Crippen LogP contribution in [0.4, 0.5) is 0 Å². The maximum absolute atomic E-state index is 3.50. The number of rotatable bonds is 2. The molecule has 0 bridgehead atoms. The topological polar surface area (TPSA) is 12.0 Å². The van der Waals surface area contributed by atoms with E-state index in [9.17, 15) is 0 Å². The summed E-state index contributed by atoms with van der Waals surface area (Å²) in [5, 5.41) is 3.50. The summed E-state index contributed by atoms with van der Waals surface area (Å²) in [5.41, 5.74) is 0. The van der Waals surface area contributed by atoms with E-state index in [2.05, 4.69) is 47.2 Å². The maximum Gasteiger partial charge on any atom is 0.0701 e. The van der Waals surface area contributed by atoms with Crippen LogP contribution in [0.25, 0.3) is 0 Å². The van der Waals surface area contributed by atoms with Gasteiger partial charge in [-0.3, -0.25) is 0 Å². The van der Waals surface area contributed by atoms with Gasteiger partial charge in [-0.1, -0.05) is 13.8 Å². The van der Waals surface area contributed by atoms with Crippen molar-refractivity contribution in [3.63, 3.8) is 0 Å². The molecule has 72 valence electrons. The molecule has 0 radical (unpaired) electrons. The molecule has 0 aromatic carbocycles. The lowest BCUT2D eigenvalue weighted by Gasteiger charge is -2.40. The van der Waals surface area contributed by atoms with E-state index in [4.69, 9.17) is 0 Å². The van der Waals surface area contributed by atoms with E-state index in [1.54, 1.807) is 0 Å². The first kappa shape index (κ1) is 9.69. The fourth-order valence-electron chi connectivity index (χ4n) is 1.80. The third-order valence-electron chi connectivity index (χ3n) is 2.76. The molecule has 1 aliphatic rings. The van der Waals surface area contributed by atoms with Gasteiger partial charge in [0.25, 0.3) is 0 Å². The third kappa shape index (κ3) is 1.83. The molecule has 0 aliphatic carbocycles. The quantitative estimate of drug-likeness (QED) is 0.859. The smallest absolute Gasteiger partial charge is 0.0701 e. The molecular formula is C10H14BrNS. The molecule has 1 nitrogen and oxygen atoms in total. The van der Waals surface area contributed by atoms with Crippen molar-refractivity contribution in [1.29, 1.82) is 0 Å². The zero-order chi connectivity index (χ0) is 9.42. The van der Waals surface area contributed by atoms with Crippen LogP contribution in [0.2, 0.25) is 0 Å². The molecule has 0 amide bonds. The van der Waals surface area contributed by atoms with E-state index >= 15 is 0 Å². The average Bonchev–Trinajstić information content (AvgIpc) is 2.32. The lowest BCUT2D eigenvalue weighted by Crippen LogP contribution is -2.47. The van der Waals surface area contributed by atoms with Crippen LogP contribution in [0.3, 0.4) is 0 Å². The van der Waals surface area contributed by atoms with Gasteiger partial charge in [-0.15, -0.1) is 11.3 Å².